The lowest BCUT2D eigenvalue weighted by atomic mass is 10.0. The monoisotopic (exact) mass is 277 g/mol. The Hall–Kier alpha value is -1.58. The van der Waals surface area contributed by atoms with Gasteiger partial charge in [0.1, 0.15) is 5.75 Å². The van der Waals surface area contributed by atoms with Crippen molar-refractivity contribution in [1.82, 2.24) is 4.98 Å². The molecule has 0 fully saturated rings. The van der Waals surface area contributed by atoms with Crippen LogP contribution in [0.5, 0.6) is 11.6 Å². The normalized spacial score (nSPS) is 10.8. The molecule has 0 unspecified atom stereocenters. The molecule has 0 aliphatic rings. The van der Waals surface area contributed by atoms with Crippen LogP contribution in [0.25, 0.3) is 0 Å². The van der Waals surface area contributed by atoms with Crippen molar-refractivity contribution in [3.63, 3.8) is 0 Å². The second-order valence-corrected chi connectivity index (χ2v) is 4.97. The number of aliphatic hydroxyl groups is 1. The maximum Gasteiger partial charge on any atom is 0.219 e. The van der Waals surface area contributed by atoms with E-state index in [9.17, 15) is 0 Å². The van der Waals surface area contributed by atoms with Gasteiger partial charge in [0.2, 0.25) is 5.88 Å². The number of rotatable bonds is 4. The van der Waals surface area contributed by atoms with Crippen molar-refractivity contribution in [1.29, 1.82) is 0 Å². The number of nitrogens with zero attached hydrogens (tertiary/aromatic N) is 1. The molecule has 1 heterocycles. The zero-order valence-electron chi connectivity index (χ0n) is 10.9. The molecule has 0 aliphatic carbocycles. The Balaban J connectivity index is 2.16. The van der Waals surface area contributed by atoms with Crippen molar-refractivity contribution in [2.75, 3.05) is 0 Å². The summed E-state index contributed by atoms with van der Waals surface area (Å²) in [4.78, 5) is 4.14. The predicted octanol–water partition coefficient (Wildman–Crippen LogP) is 4.14. The zero-order valence-corrected chi connectivity index (χ0v) is 11.7. The fraction of sp³-hybridized carbons (Fsp3) is 0.267. The minimum Gasteiger partial charge on any atom is -0.439 e. The van der Waals surface area contributed by atoms with Gasteiger partial charge in [-0.1, -0.05) is 37.6 Å². The quantitative estimate of drug-likeness (QED) is 0.913. The average molecular weight is 278 g/mol. The Morgan fingerprint density at radius 2 is 1.84 bits per heavy atom. The summed E-state index contributed by atoms with van der Waals surface area (Å²) in [6.07, 6.45) is 0. The molecule has 3 nitrogen and oxygen atoms in total. The van der Waals surface area contributed by atoms with Crippen molar-refractivity contribution < 1.29 is 9.84 Å². The number of pyridine rings is 1. The predicted molar refractivity (Wildman–Crippen MR) is 75.8 cm³/mol. The molecule has 2 rings (SSSR count). The highest BCUT2D eigenvalue weighted by Gasteiger charge is 2.05. The van der Waals surface area contributed by atoms with Crippen LogP contribution in [0.1, 0.15) is 31.0 Å². The number of aromatic nitrogens is 1. The van der Waals surface area contributed by atoms with E-state index in [-0.39, 0.29) is 6.61 Å². The van der Waals surface area contributed by atoms with E-state index in [1.165, 1.54) is 5.56 Å². The van der Waals surface area contributed by atoms with E-state index in [4.69, 9.17) is 21.4 Å². The van der Waals surface area contributed by atoms with Crippen LogP contribution in [0.4, 0.5) is 0 Å². The molecule has 0 bridgehead atoms. The summed E-state index contributed by atoms with van der Waals surface area (Å²) in [5.74, 6) is 1.62. The van der Waals surface area contributed by atoms with Crippen LogP contribution in [0.2, 0.25) is 5.02 Å². The summed E-state index contributed by atoms with van der Waals surface area (Å²) in [7, 11) is 0. The minimum absolute atomic E-state index is 0.206. The van der Waals surface area contributed by atoms with Gasteiger partial charge < -0.3 is 9.84 Å². The summed E-state index contributed by atoms with van der Waals surface area (Å²) >= 11 is 5.88. The van der Waals surface area contributed by atoms with Gasteiger partial charge in [-0.3, -0.25) is 0 Å². The Labute approximate surface area is 117 Å². The van der Waals surface area contributed by atoms with E-state index in [1.807, 2.05) is 24.3 Å². The molecule has 1 aromatic carbocycles. The van der Waals surface area contributed by atoms with Crippen LogP contribution < -0.4 is 4.74 Å². The summed E-state index contributed by atoms with van der Waals surface area (Å²) in [6, 6.07) is 11.2. The van der Waals surface area contributed by atoms with Crippen LogP contribution in [0, 0.1) is 0 Å². The largest absolute Gasteiger partial charge is 0.439 e. The second-order valence-electron chi connectivity index (χ2n) is 4.56. The molecule has 0 saturated heterocycles. The van der Waals surface area contributed by atoms with Crippen LogP contribution in [-0.2, 0) is 6.61 Å². The van der Waals surface area contributed by atoms with E-state index in [2.05, 4.69) is 18.8 Å². The first-order valence-corrected chi connectivity index (χ1v) is 6.52. The number of aliphatic hydroxyl groups excluding tert-OH is 1. The van der Waals surface area contributed by atoms with Crippen molar-refractivity contribution in [2.45, 2.75) is 26.4 Å². The molecule has 1 N–H and O–H groups in total. The maximum absolute atomic E-state index is 9.10. The van der Waals surface area contributed by atoms with Crippen LogP contribution >= 0.6 is 11.6 Å². The first-order chi connectivity index (χ1) is 9.10. The Morgan fingerprint density at radius 3 is 2.42 bits per heavy atom. The maximum atomic E-state index is 9.10. The third-order valence-electron chi connectivity index (χ3n) is 2.81. The molecule has 0 aliphatic heterocycles. The average Bonchev–Trinajstić information content (AvgIpc) is 2.41. The van der Waals surface area contributed by atoms with E-state index < -0.39 is 0 Å². The number of benzene rings is 1. The highest BCUT2D eigenvalue weighted by molar-refractivity contribution is 6.31. The number of ether oxygens (including phenoxy) is 1. The molecule has 0 amide bonds. The van der Waals surface area contributed by atoms with Gasteiger partial charge in [-0.15, -0.1) is 0 Å². The van der Waals surface area contributed by atoms with Gasteiger partial charge in [-0.25, -0.2) is 4.98 Å². The molecule has 0 atom stereocenters. The highest BCUT2D eigenvalue weighted by Crippen LogP contribution is 2.24. The van der Waals surface area contributed by atoms with E-state index >= 15 is 0 Å². The SMILES string of the molecule is CC(C)c1ccc(Oc2ccc(Cl)c(CO)n2)cc1. The lowest BCUT2D eigenvalue weighted by molar-refractivity contribution is 0.275. The number of halogens is 1. The van der Waals surface area contributed by atoms with Gasteiger partial charge in [0.15, 0.2) is 0 Å². The molecule has 0 radical (unpaired) electrons. The smallest absolute Gasteiger partial charge is 0.219 e. The molecule has 2 aromatic rings. The lowest BCUT2D eigenvalue weighted by Gasteiger charge is -2.09. The van der Waals surface area contributed by atoms with Gasteiger partial charge in [-0.2, -0.15) is 0 Å². The Bertz CT molecular complexity index is 553. The third kappa shape index (κ3) is 3.46. The Morgan fingerprint density at radius 1 is 1.16 bits per heavy atom. The fourth-order valence-corrected chi connectivity index (χ4v) is 1.84. The molecule has 100 valence electrons. The van der Waals surface area contributed by atoms with Crippen LogP contribution in [-0.4, -0.2) is 10.1 Å². The summed E-state index contributed by atoms with van der Waals surface area (Å²) in [5, 5.41) is 9.54. The van der Waals surface area contributed by atoms with E-state index in [0.29, 0.717) is 28.3 Å². The lowest BCUT2D eigenvalue weighted by Crippen LogP contribution is -1.95. The van der Waals surface area contributed by atoms with Gasteiger partial charge in [-0.05, 0) is 29.7 Å². The van der Waals surface area contributed by atoms with E-state index in [0.717, 1.165) is 0 Å². The molecule has 0 saturated carbocycles. The number of hydrogen-bond donors (Lipinski definition) is 1. The molecule has 19 heavy (non-hydrogen) atoms. The molecular weight excluding hydrogens is 262 g/mol. The fourth-order valence-electron chi connectivity index (χ4n) is 1.67. The van der Waals surface area contributed by atoms with Gasteiger partial charge in [0.25, 0.3) is 0 Å². The van der Waals surface area contributed by atoms with E-state index in [1.54, 1.807) is 12.1 Å². The first kappa shape index (κ1) is 13.8. The standard InChI is InChI=1S/C15H16ClNO2/c1-10(2)11-3-5-12(6-4-11)19-15-8-7-13(16)14(9-18)17-15/h3-8,10,18H,9H2,1-2H3. The van der Waals surface area contributed by atoms with Crippen molar-refractivity contribution >= 4 is 11.6 Å². The number of hydrogen-bond acceptors (Lipinski definition) is 3. The van der Waals surface area contributed by atoms with Crippen molar-refractivity contribution in [2.24, 2.45) is 0 Å². The highest BCUT2D eigenvalue weighted by atomic mass is 35.5. The van der Waals surface area contributed by atoms with Gasteiger partial charge in [0.05, 0.1) is 17.3 Å². The zero-order chi connectivity index (χ0) is 13.8. The summed E-state index contributed by atoms with van der Waals surface area (Å²) < 4.78 is 5.63. The topological polar surface area (TPSA) is 42.4 Å². The van der Waals surface area contributed by atoms with Crippen LogP contribution in [0.15, 0.2) is 36.4 Å². The van der Waals surface area contributed by atoms with Crippen molar-refractivity contribution in [3.05, 3.63) is 52.7 Å². The third-order valence-corrected chi connectivity index (χ3v) is 3.16. The van der Waals surface area contributed by atoms with Crippen LogP contribution in [0.3, 0.4) is 0 Å². The minimum atomic E-state index is -0.206. The van der Waals surface area contributed by atoms with Crippen molar-refractivity contribution in [3.8, 4) is 11.6 Å². The summed E-state index contributed by atoms with van der Waals surface area (Å²) in [5.41, 5.74) is 1.67. The first-order valence-electron chi connectivity index (χ1n) is 6.14. The molecular formula is C15H16ClNO2. The summed E-state index contributed by atoms with van der Waals surface area (Å²) in [6.45, 7) is 4.08. The van der Waals surface area contributed by atoms with Gasteiger partial charge >= 0.3 is 0 Å². The Kier molecular flexibility index (Phi) is 4.40. The van der Waals surface area contributed by atoms with Gasteiger partial charge in [0, 0.05) is 6.07 Å². The molecule has 4 heteroatoms. The molecule has 0 spiro atoms. The second kappa shape index (κ2) is 6.04. The molecule has 1 aromatic heterocycles.